The molecular formula is C18H10ClF3N4OS2. The Morgan fingerprint density at radius 1 is 1.17 bits per heavy atom. The van der Waals surface area contributed by atoms with Crippen molar-refractivity contribution in [2.24, 2.45) is 0 Å². The van der Waals surface area contributed by atoms with Crippen molar-refractivity contribution < 1.29 is 18.0 Å². The molecule has 0 unspecified atom stereocenters. The fourth-order valence-electron chi connectivity index (χ4n) is 2.61. The molecule has 2 aromatic carbocycles. The molecule has 4 rings (SSSR count). The van der Waals surface area contributed by atoms with E-state index in [1.807, 2.05) is 0 Å². The van der Waals surface area contributed by atoms with Gasteiger partial charge >= 0.3 is 6.18 Å². The molecule has 2 aromatic heterocycles. The number of aromatic nitrogens is 3. The van der Waals surface area contributed by atoms with Crippen LogP contribution in [-0.2, 0) is 12.6 Å². The Morgan fingerprint density at radius 3 is 2.79 bits per heavy atom. The maximum Gasteiger partial charge on any atom is 0.416 e. The predicted molar refractivity (Wildman–Crippen MR) is 107 cm³/mol. The van der Waals surface area contributed by atoms with Gasteiger partial charge in [0, 0.05) is 28.1 Å². The third kappa shape index (κ3) is 4.39. The molecule has 148 valence electrons. The van der Waals surface area contributed by atoms with Crippen LogP contribution in [0.3, 0.4) is 0 Å². The van der Waals surface area contributed by atoms with E-state index in [-0.39, 0.29) is 17.4 Å². The number of carbonyl (C=O) groups is 1. The van der Waals surface area contributed by atoms with Gasteiger partial charge in [0.25, 0.3) is 5.91 Å². The minimum absolute atomic E-state index is 0.173. The summed E-state index contributed by atoms with van der Waals surface area (Å²) in [5.41, 5.74) is 0.607. The van der Waals surface area contributed by atoms with Gasteiger partial charge in [0.05, 0.1) is 10.3 Å². The summed E-state index contributed by atoms with van der Waals surface area (Å²) in [5, 5.41) is 7.19. The molecule has 1 N–H and O–H groups in total. The van der Waals surface area contributed by atoms with Crippen LogP contribution in [0.15, 0.2) is 42.6 Å². The van der Waals surface area contributed by atoms with Crippen LogP contribution >= 0.6 is 34.5 Å². The van der Waals surface area contributed by atoms with Crippen molar-refractivity contribution in [1.82, 2.24) is 14.6 Å². The van der Waals surface area contributed by atoms with Crippen LogP contribution in [0.1, 0.15) is 26.4 Å². The van der Waals surface area contributed by atoms with Crippen LogP contribution in [0.2, 0.25) is 5.02 Å². The molecule has 11 heteroatoms. The Kier molecular flexibility index (Phi) is 5.24. The Morgan fingerprint density at radius 2 is 2.00 bits per heavy atom. The first kappa shape index (κ1) is 19.7. The summed E-state index contributed by atoms with van der Waals surface area (Å²) in [7, 11) is 0. The van der Waals surface area contributed by atoms with E-state index in [1.165, 1.54) is 35.1 Å². The van der Waals surface area contributed by atoms with Crippen LogP contribution in [0.5, 0.6) is 0 Å². The summed E-state index contributed by atoms with van der Waals surface area (Å²) in [5.74, 6) is -0.363. The lowest BCUT2D eigenvalue weighted by molar-refractivity contribution is -0.137. The summed E-state index contributed by atoms with van der Waals surface area (Å²) in [6.45, 7) is 0. The number of anilines is 1. The molecule has 0 atom stereocenters. The fraction of sp³-hybridized carbons (Fsp3) is 0.111. The fourth-order valence-corrected chi connectivity index (χ4v) is 4.17. The summed E-state index contributed by atoms with van der Waals surface area (Å²) < 4.78 is 43.4. The lowest BCUT2D eigenvalue weighted by Gasteiger charge is -2.09. The van der Waals surface area contributed by atoms with Crippen molar-refractivity contribution in [2.45, 2.75) is 12.6 Å². The monoisotopic (exact) mass is 454 g/mol. The first-order valence-electron chi connectivity index (χ1n) is 8.13. The summed E-state index contributed by atoms with van der Waals surface area (Å²) in [6, 6.07) is 8.25. The molecule has 0 aliphatic heterocycles. The highest BCUT2D eigenvalue weighted by atomic mass is 35.5. The van der Waals surface area contributed by atoms with Gasteiger partial charge in [0.2, 0.25) is 0 Å². The average molecular weight is 455 g/mol. The number of nitrogens with zero attached hydrogens (tertiary/aromatic N) is 3. The molecule has 1 amide bonds. The average Bonchev–Trinajstić information content (AvgIpc) is 3.31. The number of benzene rings is 2. The number of amides is 1. The van der Waals surface area contributed by atoms with Gasteiger partial charge in [-0.05, 0) is 53.5 Å². The number of hydrogen-bond donors (Lipinski definition) is 1. The van der Waals surface area contributed by atoms with Crippen molar-refractivity contribution in [3.8, 4) is 0 Å². The van der Waals surface area contributed by atoms with E-state index in [0.29, 0.717) is 26.7 Å². The van der Waals surface area contributed by atoms with Gasteiger partial charge in [0.15, 0.2) is 5.13 Å². The topological polar surface area (TPSA) is 67.8 Å². The van der Waals surface area contributed by atoms with E-state index in [9.17, 15) is 18.0 Å². The highest BCUT2D eigenvalue weighted by molar-refractivity contribution is 7.15. The molecule has 0 saturated heterocycles. The molecule has 29 heavy (non-hydrogen) atoms. The second-order valence-corrected chi connectivity index (χ2v) is 8.33. The highest BCUT2D eigenvalue weighted by Gasteiger charge is 2.31. The maximum absolute atomic E-state index is 12.9. The molecule has 2 heterocycles. The van der Waals surface area contributed by atoms with Gasteiger partial charge in [-0.15, -0.1) is 16.4 Å². The van der Waals surface area contributed by atoms with E-state index in [4.69, 9.17) is 11.6 Å². The molecule has 4 aromatic rings. The summed E-state index contributed by atoms with van der Waals surface area (Å²) in [6.07, 6.45) is -2.77. The van der Waals surface area contributed by atoms with Gasteiger partial charge in [-0.25, -0.2) is 4.98 Å². The molecule has 0 radical (unpaired) electrons. The van der Waals surface area contributed by atoms with Crippen molar-refractivity contribution in [1.29, 1.82) is 0 Å². The zero-order valence-electron chi connectivity index (χ0n) is 14.3. The quantitative estimate of drug-likeness (QED) is 0.432. The van der Waals surface area contributed by atoms with Crippen molar-refractivity contribution in [2.75, 3.05) is 5.32 Å². The number of halogens is 4. The van der Waals surface area contributed by atoms with Crippen LogP contribution in [-0.4, -0.2) is 20.5 Å². The predicted octanol–water partition coefficient (Wildman–Crippen LogP) is 5.66. The van der Waals surface area contributed by atoms with Crippen LogP contribution in [0.25, 0.3) is 10.2 Å². The Bertz CT molecular complexity index is 1210. The smallest absolute Gasteiger partial charge is 0.298 e. The molecule has 0 saturated carbocycles. The molecular weight excluding hydrogens is 445 g/mol. The number of thiazole rings is 1. The number of nitrogens with one attached hydrogen (secondary N) is 1. The molecule has 0 bridgehead atoms. The number of fused-ring (bicyclic) bond motifs is 1. The van der Waals surface area contributed by atoms with Crippen molar-refractivity contribution in [3.05, 3.63) is 69.2 Å². The van der Waals surface area contributed by atoms with E-state index in [1.54, 1.807) is 18.2 Å². The second-order valence-electron chi connectivity index (χ2n) is 6.02. The Balaban J connectivity index is 1.49. The summed E-state index contributed by atoms with van der Waals surface area (Å²) >= 11 is 8.45. The van der Waals surface area contributed by atoms with Crippen LogP contribution < -0.4 is 5.32 Å². The molecule has 0 aliphatic carbocycles. The molecule has 0 spiro atoms. The zero-order valence-corrected chi connectivity index (χ0v) is 16.7. The minimum Gasteiger partial charge on any atom is -0.298 e. The largest absolute Gasteiger partial charge is 0.416 e. The molecule has 5 nitrogen and oxygen atoms in total. The third-order valence-corrected chi connectivity index (χ3v) is 6.01. The lowest BCUT2D eigenvalue weighted by Crippen LogP contribution is -2.11. The first-order valence-corrected chi connectivity index (χ1v) is 10.1. The van der Waals surface area contributed by atoms with E-state index >= 15 is 0 Å². The number of rotatable bonds is 4. The van der Waals surface area contributed by atoms with Gasteiger partial charge < -0.3 is 0 Å². The van der Waals surface area contributed by atoms with Crippen LogP contribution in [0, 0.1) is 0 Å². The Labute approximate surface area is 175 Å². The molecule has 0 aliphatic rings. The number of alkyl halides is 3. The van der Waals surface area contributed by atoms with Gasteiger partial charge in [-0.2, -0.15) is 13.2 Å². The number of carbonyl (C=O) groups excluding carboxylic acids is 1. The summed E-state index contributed by atoms with van der Waals surface area (Å²) in [4.78, 5) is 17.2. The normalized spacial score (nSPS) is 11.7. The third-order valence-electron chi connectivity index (χ3n) is 4.02. The SMILES string of the molecule is O=C(Nc1ncc(Cc2cc(C(F)(F)F)ccc2Cl)s1)c1ccc2snnc2c1. The lowest BCUT2D eigenvalue weighted by atomic mass is 10.1. The minimum atomic E-state index is -4.44. The van der Waals surface area contributed by atoms with Crippen LogP contribution in [0.4, 0.5) is 18.3 Å². The molecule has 0 fully saturated rings. The van der Waals surface area contributed by atoms with Gasteiger partial charge in [-0.1, -0.05) is 16.1 Å². The van der Waals surface area contributed by atoms with Crippen molar-refractivity contribution in [3.63, 3.8) is 0 Å². The Hall–Kier alpha value is -2.56. The van der Waals surface area contributed by atoms with E-state index in [0.717, 1.165) is 16.8 Å². The van der Waals surface area contributed by atoms with Gasteiger partial charge in [0.1, 0.15) is 5.52 Å². The standard InChI is InChI=1S/C18H10ClF3N4OS2/c19-13-3-2-11(18(20,21)22)5-10(13)6-12-8-23-17(28-12)24-16(27)9-1-4-15-14(7-9)25-26-29-15/h1-5,7-8H,6H2,(H,23,24,27). The number of hydrogen-bond acceptors (Lipinski definition) is 6. The maximum atomic E-state index is 12.9. The zero-order chi connectivity index (χ0) is 20.6. The van der Waals surface area contributed by atoms with E-state index < -0.39 is 11.7 Å². The van der Waals surface area contributed by atoms with Gasteiger partial charge in [-0.3, -0.25) is 10.1 Å². The highest BCUT2D eigenvalue weighted by Crippen LogP contribution is 2.33. The van der Waals surface area contributed by atoms with Crippen molar-refractivity contribution >= 4 is 55.7 Å². The first-order chi connectivity index (χ1) is 13.8. The second kappa shape index (κ2) is 7.69. The van der Waals surface area contributed by atoms with E-state index in [2.05, 4.69) is 19.9 Å².